The highest BCUT2D eigenvalue weighted by Crippen LogP contribution is 2.22. The van der Waals surface area contributed by atoms with Gasteiger partial charge in [0.2, 0.25) is 5.91 Å². The Morgan fingerprint density at radius 2 is 2.00 bits per heavy atom. The highest BCUT2D eigenvalue weighted by Gasteiger charge is 2.17. The van der Waals surface area contributed by atoms with Gasteiger partial charge in [-0.3, -0.25) is 4.79 Å². The zero-order valence-corrected chi connectivity index (χ0v) is 13.8. The lowest BCUT2D eigenvalue weighted by atomic mass is 10.0. The largest absolute Gasteiger partial charge is 0.491 e. The molecule has 5 nitrogen and oxygen atoms in total. The van der Waals surface area contributed by atoms with Gasteiger partial charge in [-0.15, -0.1) is 12.4 Å². The Morgan fingerprint density at radius 1 is 1.33 bits per heavy atom. The van der Waals surface area contributed by atoms with E-state index in [1.54, 1.807) is 7.11 Å². The number of halogens is 1. The van der Waals surface area contributed by atoms with E-state index >= 15 is 0 Å². The molecule has 2 unspecified atom stereocenters. The van der Waals surface area contributed by atoms with Crippen molar-refractivity contribution in [3.05, 3.63) is 23.8 Å². The maximum absolute atomic E-state index is 12.0. The van der Waals surface area contributed by atoms with E-state index in [-0.39, 0.29) is 30.3 Å². The van der Waals surface area contributed by atoms with Gasteiger partial charge in [-0.25, -0.2) is 0 Å². The molecule has 21 heavy (non-hydrogen) atoms. The van der Waals surface area contributed by atoms with E-state index in [0.29, 0.717) is 13.2 Å². The van der Waals surface area contributed by atoms with Crippen LogP contribution in [0.2, 0.25) is 0 Å². The minimum Gasteiger partial charge on any atom is -0.491 e. The zero-order chi connectivity index (χ0) is 15.1. The number of benzene rings is 1. The molecule has 0 saturated heterocycles. The number of anilines is 1. The molecule has 1 aromatic carbocycles. The highest BCUT2D eigenvalue weighted by atomic mass is 35.5. The predicted octanol–water partition coefficient (Wildman–Crippen LogP) is 2.36. The molecule has 0 radical (unpaired) electrons. The van der Waals surface area contributed by atoms with Crippen LogP contribution in [0.4, 0.5) is 5.69 Å². The molecule has 0 aliphatic rings. The summed E-state index contributed by atoms with van der Waals surface area (Å²) >= 11 is 0. The first-order chi connectivity index (χ1) is 9.45. The summed E-state index contributed by atoms with van der Waals surface area (Å²) in [6, 6.07) is 5.38. The van der Waals surface area contributed by atoms with E-state index in [1.807, 2.05) is 39.0 Å². The molecule has 0 aliphatic carbocycles. The molecule has 0 spiro atoms. The Morgan fingerprint density at radius 3 is 2.52 bits per heavy atom. The second-order valence-electron chi connectivity index (χ2n) is 4.96. The summed E-state index contributed by atoms with van der Waals surface area (Å²) in [5, 5.41) is 2.89. The number of hydrogen-bond acceptors (Lipinski definition) is 4. The van der Waals surface area contributed by atoms with E-state index < -0.39 is 0 Å². The van der Waals surface area contributed by atoms with Crippen molar-refractivity contribution in [3.8, 4) is 5.75 Å². The molecule has 120 valence electrons. The van der Waals surface area contributed by atoms with Gasteiger partial charge in [0.25, 0.3) is 0 Å². The third-order valence-electron chi connectivity index (χ3n) is 3.21. The fourth-order valence-electron chi connectivity index (χ4n) is 1.59. The molecular formula is C15H25ClN2O3. The van der Waals surface area contributed by atoms with Gasteiger partial charge < -0.3 is 20.5 Å². The van der Waals surface area contributed by atoms with E-state index in [9.17, 15) is 4.79 Å². The van der Waals surface area contributed by atoms with Gasteiger partial charge in [-0.1, -0.05) is 6.92 Å². The summed E-state index contributed by atoms with van der Waals surface area (Å²) in [6.07, 6.45) is 0. The first-order valence-electron chi connectivity index (χ1n) is 6.74. The third kappa shape index (κ3) is 6.33. The predicted molar refractivity (Wildman–Crippen MR) is 87.2 cm³/mol. The van der Waals surface area contributed by atoms with Gasteiger partial charge in [0.1, 0.15) is 12.4 Å². The average Bonchev–Trinajstić information content (AvgIpc) is 2.41. The van der Waals surface area contributed by atoms with Crippen LogP contribution in [0.25, 0.3) is 0 Å². The summed E-state index contributed by atoms with van der Waals surface area (Å²) in [4.78, 5) is 12.0. The van der Waals surface area contributed by atoms with Crippen LogP contribution in [0.15, 0.2) is 18.2 Å². The van der Waals surface area contributed by atoms with Crippen LogP contribution in [0, 0.1) is 12.8 Å². The normalized spacial score (nSPS) is 13.0. The second kappa shape index (κ2) is 9.60. The van der Waals surface area contributed by atoms with Gasteiger partial charge >= 0.3 is 0 Å². The fraction of sp³-hybridized carbons (Fsp3) is 0.533. The van der Waals surface area contributed by atoms with Crippen LogP contribution in [0.1, 0.15) is 19.4 Å². The van der Waals surface area contributed by atoms with E-state index in [4.69, 9.17) is 15.2 Å². The molecular weight excluding hydrogens is 292 g/mol. The minimum absolute atomic E-state index is 0. The molecule has 0 bridgehead atoms. The lowest BCUT2D eigenvalue weighted by Gasteiger charge is -2.17. The highest BCUT2D eigenvalue weighted by molar-refractivity contribution is 5.93. The Balaban J connectivity index is 0.00000400. The van der Waals surface area contributed by atoms with Gasteiger partial charge in [-0.05, 0) is 37.6 Å². The minimum atomic E-state index is -0.230. The Hall–Kier alpha value is -1.30. The monoisotopic (exact) mass is 316 g/mol. The number of amides is 1. The molecule has 6 heteroatoms. The maximum atomic E-state index is 12.0. The van der Waals surface area contributed by atoms with Crippen molar-refractivity contribution in [3.63, 3.8) is 0 Å². The van der Waals surface area contributed by atoms with Crippen LogP contribution < -0.4 is 15.8 Å². The standard InChI is InChI=1S/C15H24N2O3.ClH/c1-10-9-13(20-8-7-19-4)5-6-14(10)17-15(18)11(2)12(3)16;/h5-6,9,11-12H,7-8,16H2,1-4H3,(H,17,18);1H. The number of methoxy groups -OCH3 is 1. The van der Waals surface area contributed by atoms with E-state index in [1.165, 1.54) is 0 Å². The molecule has 0 fully saturated rings. The van der Waals surface area contributed by atoms with Crippen molar-refractivity contribution in [1.82, 2.24) is 0 Å². The number of ether oxygens (including phenoxy) is 2. The number of carbonyl (C=O) groups is 1. The summed E-state index contributed by atoms with van der Waals surface area (Å²) in [6.45, 7) is 6.61. The molecule has 0 aliphatic heterocycles. The smallest absolute Gasteiger partial charge is 0.228 e. The third-order valence-corrected chi connectivity index (χ3v) is 3.21. The van der Waals surface area contributed by atoms with Crippen LogP contribution in [-0.4, -0.2) is 32.3 Å². The van der Waals surface area contributed by atoms with Crippen molar-refractivity contribution in [1.29, 1.82) is 0 Å². The quantitative estimate of drug-likeness (QED) is 0.757. The molecule has 2 atom stereocenters. The molecule has 0 saturated carbocycles. The summed E-state index contributed by atoms with van der Waals surface area (Å²) in [7, 11) is 1.63. The average molecular weight is 317 g/mol. The Labute approximate surface area is 132 Å². The number of nitrogens with one attached hydrogen (secondary N) is 1. The molecule has 0 aromatic heterocycles. The molecule has 0 heterocycles. The van der Waals surface area contributed by atoms with Crippen molar-refractivity contribution >= 4 is 24.0 Å². The SMILES string of the molecule is COCCOc1ccc(NC(=O)C(C)C(C)N)c(C)c1.Cl. The van der Waals surface area contributed by atoms with Crippen molar-refractivity contribution in [2.45, 2.75) is 26.8 Å². The van der Waals surface area contributed by atoms with Crippen molar-refractivity contribution < 1.29 is 14.3 Å². The van der Waals surface area contributed by atoms with Gasteiger partial charge in [0.15, 0.2) is 0 Å². The molecule has 1 rings (SSSR count). The lowest BCUT2D eigenvalue weighted by Crippen LogP contribution is -2.34. The molecule has 3 N–H and O–H groups in total. The van der Waals surface area contributed by atoms with Gasteiger partial charge in [-0.2, -0.15) is 0 Å². The van der Waals surface area contributed by atoms with E-state index in [0.717, 1.165) is 17.0 Å². The van der Waals surface area contributed by atoms with E-state index in [2.05, 4.69) is 5.32 Å². The number of aryl methyl sites for hydroxylation is 1. The summed E-state index contributed by atoms with van der Waals surface area (Å²) in [5.41, 5.74) is 7.46. The Kier molecular flexibility index (Phi) is 9.01. The fourth-order valence-corrected chi connectivity index (χ4v) is 1.59. The molecule has 1 amide bonds. The topological polar surface area (TPSA) is 73.6 Å². The van der Waals surface area contributed by atoms with Gasteiger partial charge in [0.05, 0.1) is 12.5 Å². The number of hydrogen-bond donors (Lipinski definition) is 2. The zero-order valence-electron chi connectivity index (χ0n) is 13.0. The number of carbonyl (C=O) groups excluding carboxylic acids is 1. The first-order valence-corrected chi connectivity index (χ1v) is 6.74. The van der Waals surface area contributed by atoms with Crippen LogP contribution in [0.3, 0.4) is 0 Å². The molecule has 1 aromatic rings. The maximum Gasteiger partial charge on any atom is 0.228 e. The number of nitrogens with two attached hydrogens (primary N) is 1. The summed E-state index contributed by atoms with van der Waals surface area (Å²) in [5.74, 6) is 0.459. The van der Waals surface area contributed by atoms with Crippen LogP contribution in [-0.2, 0) is 9.53 Å². The summed E-state index contributed by atoms with van der Waals surface area (Å²) < 4.78 is 10.4. The lowest BCUT2D eigenvalue weighted by molar-refractivity contribution is -0.119. The Bertz CT molecular complexity index is 453. The van der Waals surface area contributed by atoms with Crippen molar-refractivity contribution in [2.24, 2.45) is 11.7 Å². The second-order valence-corrected chi connectivity index (χ2v) is 4.96. The van der Waals surface area contributed by atoms with Crippen molar-refractivity contribution in [2.75, 3.05) is 25.6 Å². The first kappa shape index (κ1) is 19.7. The van der Waals surface area contributed by atoms with Gasteiger partial charge in [0, 0.05) is 18.8 Å². The van der Waals surface area contributed by atoms with Crippen LogP contribution >= 0.6 is 12.4 Å². The number of rotatable bonds is 7. The van der Waals surface area contributed by atoms with Crippen LogP contribution in [0.5, 0.6) is 5.75 Å².